The molecule has 0 saturated carbocycles. The average Bonchev–Trinajstić information content (AvgIpc) is 3.00. The number of hydrogen-bond acceptors (Lipinski definition) is 5. The van der Waals surface area contributed by atoms with Crippen LogP contribution in [0.4, 0.5) is 0 Å². The van der Waals surface area contributed by atoms with E-state index in [4.69, 9.17) is 16.7 Å². The van der Waals surface area contributed by atoms with Crippen LogP contribution < -0.4 is 0 Å². The molecule has 2 saturated heterocycles. The molecule has 140 valence electrons. The number of amides is 1. The number of amidine groups is 1. The number of halogens is 1. The summed E-state index contributed by atoms with van der Waals surface area (Å²) in [5, 5.41) is 9.58. The first kappa shape index (κ1) is 19.2. The molecule has 2 aliphatic heterocycles. The third-order valence-electron chi connectivity index (χ3n) is 4.21. The Morgan fingerprint density at radius 2 is 1.92 bits per heavy atom. The van der Waals surface area contributed by atoms with E-state index in [1.807, 2.05) is 17.0 Å². The number of benzene rings is 1. The molecule has 1 N–H and O–H groups in total. The van der Waals surface area contributed by atoms with Crippen LogP contribution in [-0.4, -0.2) is 58.3 Å². The fraction of sp³-hybridized carbons (Fsp3) is 0.438. The van der Waals surface area contributed by atoms with Crippen molar-refractivity contribution in [3.05, 3.63) is 34.9 Å². The predicted octanol–water partition coefficient (Wildman–Crippen LogP) is 1.80. The minimum absolute atomic E-state index is 0.0284. The van der Waals surface area contributed by atoms with Crippen molar-refractivity contribution < 1.29 is 23.1 Å². The summed E-state index contributed by atoms with van der Waals surface area (Å²) >= 11 is 7.18. The summed E-state index contributed by atoms with van der Waals surface area (Å²) in [5.41, 5.74) is 0.922. The Bertz CT molecular complexity index is 854. The zero-order valence-electron chi connectivity index (χ0n) is 13.7. The van der Waals surface area contributed by atoms with Gasteiger partial charge in [0, 0.05) is 23.2 Å². The van der Waals surface area contributed by atoms with E-state index in [1.54, 1.807) is 12.1 Å². The summed E-state index contributed by atoms with van der Waals surface area (Å²) in [6.07, 6.45) is -0.458. The van der Waals surface area contributed by atoms with E-state index >= 15 is 0 Å². The van der Waals surface area contributed by atoms with Crippen LogP contribution in [0.25, 0.3) is 0 Å². The summed E-state index contributed by atoms with van der Waals surface area (Å²) in [4.78, 5) is 28.5. The van der Waals surface area contributed by atoms with Gasteiger partial charge in [0.15, 0.2) is 15.0 Å². The molecule has 26 heavy (non-hydrogen) atoms. The fourth-order valence-electron chi connectivity index (χ4n) is 2.98. The van der Waals surface area contributed by atoms with Gasteiger partial charge in [0.05, 0.1) is 24.0 Å². The van der Waals surface area contributed by atoms with E-state index in [9.17, 15) is 18.0 Å². The molecule has 7 nitrogen and oxygen atoms in total. The van der Waals surface area contributed by atoms with Gasteiger partial charge in [-0.2, -0.15) is 4.99 Å². The molecule has 0 aliphatic carbocycles. The van der Waals surface area contributed by atoms with Crippen LogP contribution in [0.15, 0.2) is 29.3 Å². The number of carbonyl (C=O) groups excluding carboxylic acids is 1. The Hall–Kier alpha value is -1.58. The van der Waals surface area contributed by atoms with Gasteiger partial charge in [-0.05, 0) is 17.7 Å². The van der Waals surface area contributed by atoms with Crippen LogP contribution in [0.2, 0.25) is 5.02 Å². The molecule has 2 heterocycles. The van der Waals surface area contributed by atoms with Crippen LogP contribution in [-0.2, 0) is 26.0 Å². The van der Waals surface area contributed by atoms with Crippen molar-refractivity contribution in [2.75, 3.05) is 11.5 Å². The van der Waals surface area contributed by atoms with Crippen molar-refractivity contribution in [2.24, 2.45) is 4.99 Å². The van der Waals surface area contributed by atoms with E-state index in [-0.39, 0.29) is 35.6 Å². The standard InChI is InChI=1S/C16H17ClN2O5S2/c17-11-3-1-10(2-4-11)7-19-12-8-26(23,24)9-13(12)25-16(19)18-14(20)5-6-15(21)22/h1-4,12-13H,5-9H2,(H,21,22)/t12-,13-/m0/s1. The SMILES string of the molecule is O=C(O)CCC(=O)N=C1S[C@H]2CS(=O)(=O)C[C@@H]2N1Cc1ccc(Cl)cc1. The molecule has 0 aromatic heterocycles. The van der Waals surface area contributed by atoms with Gasteiger partial charge in [-0.25, -0.2) is 8.42 Å². The fourth-order valence-corrected chi connectivity index (χ4v) is 7.08. The molecular weight excluding hydrogens is 400 g/mol. The number of carboxylic acids is 1. The Morgan fingerprint density at radius 3 is 2.58 bits per heavy atom. The smallest absolute Gasteiger partial charge is 0.303 e. The van der Waals surface area contributed by atoms with E-state index < -0.39 is 21.7 Å². The minimum Gasteiger partial charge on any atom is -0.481 e. The highest BCUT2D eigenvalue weighted by atomic mass is 35.5. The summed E-state index contributed by atoms with van der Waals surface area (Å²) in [7, 11) is -3.11. The first-order valence-electron chi connectivity index (χ1n) is 7.95. The van der Waals surface area contributed by atoms with Gasteiger partial charge in [0.2, 0.25) is 5.91 Å². The molecule has 1 amide bonds. The lowest BCUT2D eigenvalue weighted by Crippen LogP contribution is -2.37. The van der Waals surface area contributed by atoms with Crippen LogP contribution >= 0.6 is 23.4 Å². The molecule has 0 radical (unpaired) electrons. The molecule has 2 atom stereocenters. The van der Waals surface area contributed by atoms with Gasteiger partial charge >= 0.3 is 5.97 Å². The summed E-state index contributed by atoms with van der Waals surface area (Å²) in [6.45, 7) is 0.409. The molecule has 2 fully saturated rings. The highest BCUT2D eigenvalue weighted by Crippen LogP contribution is 2.39. The molecule has 0 spiro atoms. The molecule has 0 unspecified atom stereocenters. The number of fused-ring (bicyclic) bond motifs is 1. The molecule has 10 heteroatoms. The first-order chi connectivity index (χ1) is 12.2. The van der Waals surface area contributed by atoms with Crippen LogP contribution in [0.1, 0.15) is 18.4 Å². The number of aliphatic imine (C=N–C) groups is 1. The second-order valence-electron chi connectivity index (χ2n) is 6.24. The predicted molar refractivity (Wildman–Crippen MR) is 100 cm³/mol. The number of nitrogens with zero attached hydrogens (tertiary/aromatic N) is 2. The normalized spacial score (nSPS) is 25.4. The number of carboxylic acid groups (broad SMARTS) is 1. The van der Waals surface area contributed by atoms with E-state index in [1.165, 1.54) is 11.8 Å². The maximum absolute atomic E-state index is 12.0. The molecule has 3 rings (SSSR count). The lowest BCUT2D eigenvalue weighted by molar-refractivity contribution is -0.138. The molecular formula is C16H17ClN2O5S2. The van der Waals surface area contributed by atoms with Gasteiger partial charge in [0.1, 0.15) is 0 Å². The van der Waals surface area contributed by atoms with Crippen LogP contribution in [0, 0.1) is 0 Å². The summed E-state index contributed by atoms with van der Waals surface area (Å²) in [5.74, 6) is -1.49. The van der Waals surface area contributed by atoms with Crippen LogP contribution in [0.5, 0.6) is 0 Å². The molecule has 1 aromatic carbocycles. The quantitative estimate of drug-likeness (QED) is 0.780. The van der Waals surface area contributed by atoms with Crippen molar-refractivity contribution >= 4 is 50.2 Å². The van der Waals surface area contributed by atoms with Gasteiger partial charge in [-0.15, -0.1) is 0 Å². The van der Waals surface area contributed by atoms with Crippen molar-refractivity contribution in [1.29, 1.82) is 0 Å². The molecule has 2 aliphatic rings. The maximum atomic E-state index is 12.0. The number of thioether (sulfide) groups is 1. The van der Waals surface area contributed by atoms with Gasteiger partial charge in [-0.1, -0.05) is 35.5 Å². The number of aliphatic carboxylic acids is 1. The topological polar surface area (TPSA) is 104 Å². The first-order valence-corrected chi connectivity index (χ1v) is 11.0. The van der Waals surface area contributed by atoms with E-state index in [0.29, 0.717) is 16.7 Å². The van der Waals surface area contributed by atoms with Crippen molar-refractivity contribution in [3.63, 3.8) is 0 Å². The Labute approximate surface area is 160 Å². The Morgan fingerprint density at radius 1 is 1.23 bits per heavy atom. The number of hydrogen-bond donors (Lipinski definition) is 1. The van der Waals surface area contributed by atoms with Gasteiger partial charge in [0.25, 0.3) is 0 Å². The molecule has 1 aromatic rings. The van der Waals surface area contributed by atoms with Crippen LogP contribution in [0.3, 0.4) is 0 Å². The number of rotatable bonds is 5. The molecule has 0 bridgehead atoms. The largest absolute Gasteiger partial charge is 0.481 e. The van der Waals surface area contributed by atoms with E-state index in [0.717, 1.165) is 5.56 Å². The monoisotopic (exact) mass is 416 g/mol. The second-order valence-corrected chi connectivity index (χ2v) is 10.0. The third-order valence-corrected chi connectivity index (χ3v) is 7.71. The lowest BCUT2D eigenvalue weighted by Gasteiger charge is -2.24. The third kappa shape index (κ3) is 4.57. The number of sulfone groups is 1. The lowest BCUT2D eigenvalue weighted by atomic mass is 10.1. The summed E-state index contributed by atoms with van der Waals surface area (Å²) in [6, 6.07) is 6.93. The Kier molecular flexibility index (Phi) is 5.59. The van der Waals surface area contributed by atoms with Crippen molar-refractivity contribution in [1.82, 2.24) is 4.90 Å². The summed E-state index contributed by atoms with van der Waals surface area (Å²) < 4.78 is 23.9. The van der Waals surface area contributed by atoms with E-state index in [2.05, 4.69) is 4.99 Å². The minimum atomic E-state index is -3.11. The zero-order chi connectivity index (χ0) is 18.9. The van der Waals surface area contributed by atoms with Gasteiger partial charge < -0.3 is 10.0 Å². The second kappa shape index (κ2) is 7.58. The van der Waals surface area contributed by atoms with Crippen molar-refractivity contribution in [2.45, 2.75) is 30.7 Å². The van der Waals surface area contributed by atoms with Gasteiger partial charge in [-0.3, -0.25) is 9.59 Å². The number of carbonyl (C=O) groups is 2. The Balaban J connectivity index is 1.82. The van der Waals surface area contributed by atoms with Crippen molar-refractivity contribution in [3.8, 4) is 0 Å². The highest BCUT2D eigenvalue weighted by Gasteiger charge is 2.48. The average molecular weight is 417 g/mol. The maximum Gasteiger partial charge on any atom is 0.303 e. The zero-order valence-corrected chi connectivity index (χ0v) is 16.1. The highest BCUT2D eigenvalue weighted by molar-refractivity contribution is 8.15.